The Bertz CT molecular complexity index is 550. The molecule has 2 aromatic rings. The van der Waals surface area contributed by atoms with Crippen LogP contribution >= 0.6 is 0 Å². The summed E-state index contributed by atoms with van der Waals surface area (Å²) < 4.78 is 0. The van der Waals surface area contributed by atoms with Crippen LogP contribution in [0.4, 0.5) is 5.69 Å². The van der Waals surface area contributed by atoms with E-state index in [0.29, 0.717) is 6.54 Å². The van der Waals surface area contributed by atoms with Crippen LogP contribution in [-0.2, 0) is 11.3 Å². The molecule has 0 fully saturated rings. The summed E-state index contributed by atoms with van der Waals surface area (Å²) in [5, 5.41) is 2.84. The van der Waals surface area contributed by atoms with Crippen molar-refractivity contribution in [2.75, 3.05) is 5.32 Å². The van der Waals surface area contributed by atoms with Gasteiger partial charge in [0.05, 0.1) is 0 Å². The molecule has 0 aliphatic heterocycles. The number of nitrogens with two attached hydrogens (primary N) is 1. The molecule has 0 aromatic heterocycles. The summed E-state index contributed by atoms with van der Waals surface area (Å²) in [6, 6.07) is 15.8. The Morgan fingerprint density at radius 1 is 1.17 bits per heavy atom. The molecule has 2 aromatic carbocycles. The SMILES string of the molecule is CC(=O)Nc1ccc(CN)cc1-c1ccccc1. The number of benzene rings is 2. The number of hydrogen-bond acceptors (Lipinski definition) is 2. The monoisotopic (exact) mass is 240 g/mol. The number of nitrogens with one attached hydrogen (secondary N) is 1. The van der Waals surface area contributed by atoms with Gasteiger partial charge in [0.15, 0.2) is 0 Å². The van der Waals surface area contributed by atoms with E-state index >= 15 is 0 Å². The molecule has 0 saturated carbocycles. The van der Waals surface area contributed by atoms with Crippen LogP contribution < -0.4 is 11.1 Å². The minimum atomic E-state index is -0.0762. The molecule has 0 aliphatic carbocycles. The fraction of sp³-hybridized carbons (Fsp3) is 0.133. The molecule has 18 heavy (non-hydrogen) atoms. The highest BCUT2D eigenvalue weighted by molar-refractivity contribution is 5.94. The Balaban J connectivity index is 2.51. The Morgan fingerprint density at radius 3 is 2.50 bits per heavy atom. The van der Waals surface area contributed by atoms with Crippen molar-refractivity contribution in [3.8, 4) is 11.1 Å². The minimum Gasteiger partial charge on any atom is -0.326 e. The standard InChI is InChI=1S/C15H16N2O/c1-11(18)17-15-8-7-12(10-16)9-14(15)13-5-3-2-4-6-13/h2-9H,10,16H2,1H3,(H,17,18). The van der Waals surface area contributed by atoms with Crippen LogP contribution in [0, 0.1) is 0 Å². The zero-order valence-electron chi connectivity index (χ0n) is 10.3. The molecule has 3 N–H and O–H groups in total. The lowest BCUT2D eigenvalue weighted by Gasteiger charge is -2.12. The van der Waals surface area contributed by atoms with Gasteiger partial charge < -0.3 is 11.1 Å². The quantitative estimate of drug-likeness (QED) is 0.866. The largest absolute Gasteiger partial charge is 0.326 e. The van der Waals surface area contributed by atoms with E-state index in [1.165, 1.54) is 6.92 Å². The maximum Gasteiger partial charge on any atom is 0.221 e. The van der Waals surface area contributed by atoms with E-state index in [0.717, 1.165) is 22.4 Å². The summed E-state index contributed by atoms with van der Waals surface area (Å²) in [7, 11) is 0. The number of carbonyl (C=O) groups excluding carboxylic acids is 1. The van der Waals surface area contributed by atoms with E-state index in [9.17, 15) is 4.79 Å². The van der Waals surface area contributed by atoms with Crippen LogP contribution in [-0.4, -0.2) is 5.91 Å². The number of carbonyl (C=O) groups is 1. The van der Waals surface area contributed by atoms with Gasteiger partial charge in [-0.25, -0.2) is 0 Å². The topological polar surface area (TPSA) is 55.1 Å². The van der Waals surface area contributed by atoms with Crippen molar-refractivity contribution < 1.29 is 4.79 Å². The zero-order valence-corrected chi connectivity index (χ0v) is 10.3. The van der Waals surface area contributed by atoms with Gasteiger partial charge in [0.1, 0.15) is 0 Å². The molecular weight excluding hydrogens is 224 g/mol. The van der Waals surface area contributed by atoms with Gasteiger partial charge in [-0.3, -0.25) is 4.79 Å². The third-order valence-electron chi connectivity index (χ3n) is 2.72. The van der Waals surface area contributed by atoms with Gasteiger partial charge in [0.2, 0.25) is 5.91 Å². The lowest BCUT2D eigenvalue weighted by Crippen LogP contribution is -2.07. The van der Waals surface area contributed by atoms with Crippen LogP contribution in [0.2, 0.25) is 0 Å². The number of anilines is 1. The summed E-state index contributed by atoms with van der Waals surface area (Å²) in [6.07, 6.45) is 0. The first-order chi connectivity index (χ1) is 8.70. The first kappa shape index (κ1) is 12.3. The first-order valence-corrected chi connectivity index (χ1v) is 5.86. The van der Waals surface area contributed by atoms with Gasteiger partial charge in [-0.05, 0) is 23.3 Å². The average molecular weight is 240 g/mol. The third kappa shape index (κ3) is 2.76. The van der Waals surface area contributed by atoms with E-state index in [-0.39, 0.29) is 5.91 Å². The van der Waals surface area contributed by atoms with E-state index in [1.807, 2.05) is 48.5 Å². The van der Waals surface area contributed by atoms with Crippen molar-refractivity contribution in [2.24, 2.45) is 5.73 Å². The van der Waals surface area contributed by atoms with Gasteiger partial charge in [-0.1, -0.05) is 36.4 Å². The third-order valence-corrected chi connectivity index (χ3v) is 2.72. The second-order valence-electron chi connectivity index (χ2n) is 4.13. The van der Waals surface area contributed by atoms with Crippen LogP contribution in [0.15, 0.2) is 48.5 Å². The Labute approximate surface area is 107 Å². The van der Waals surface area contributed by atoms with E-state index in [2.05, 4.69) is 5.32 Å². The lowest BCUT2D eigenvalue weighted by atomic mass is 10.0. The van der Waals surface area contributed by atoms with Crippen LogP contribution in [0.3, 0.4) is 0 Å². The van der Waals surface area contributed by atoms with E-state index in [4.69, 9.17) is 5.73 Å². The predicted molar refractivity (Wildman–Crippen MR) is 74.1 cm³/mol. The van der Waals surface area contributed by atoms with E-state index in [1.54, 1.807) is 0 Å². The molecular formula is C15H16N2O. The van der Waals surface area contributed by atoms with Gasteiger partial charge >= 0.3 is 0 Å². The maximum atomic E-state index is 11.2. The molecule has 3 nitrogen and oxygen atoms in total. The van der Waals surface area contributed by atoms with Gasteiger partial charge in [-0.15, -0.1) is 0 Å². The highest BCUT2D eigenvalue weighted by atomic mass is 16.1. The van der Waals surface area contributed by atoms with Crippen LogP contribution in [0.1, 0.15) is 12.5 Å². The molecule has 0 radical (unpaired) electrons. The number of hydrogen-bond donors (Lipinski definition) is 2. The van der Waals surface area contributed by atoms with Crippen molar-refractivity contribution >= 4 is 11.6 Å². The number of rotatable bonds is 3. The smallest absolute Gasteiger partial charge is 0.221 e. The van der Waals surface area contributed by atoms with Gasteiger partial charge in [-0.2, -0.15) is 0 Å². The lowest BCUT2D eigenvalue weighted by molar-refractivity contribution is -0.114. The summed E-state index contributed by atoms with van der Waals surface area (Å²) in [5.41, 5.74) is 9.58. The van der Waals surface area contributed by atoms with Crippen molar-refractivity contribution in [1.82, 2.24) is 0 Å². The molecule has 0 heterocycles. The summed E-state index contributed by atoms with van der Waals surface area (Å²) in [4.78, 5) is 11.2. The summed E-state index contributed by atoms with van der Waals surface area (Å²) in [6.45, 7) is 1.99. The molecule has 1 amide bonds. The Hall–Kier alpha value is -2.13. The fourth-order valence-corrected chi connectivity index (χ4v) is 1.87. The van der Waals surface area contributed by atoms with Gasteiger partial charge in [0.25, 0.3) is 0 Å². The normalized spacial score (nSPS) is 10.1. The average Bonchev–Trinajstić information content (AvgIpc) is 2.39. The van der Waals surface area contributed by atoms with Crippen LogP contribution in [0.5, 0.6) is 0 Å². The van der Waals surface area contributed by atoms with Crippen molar-refractivity contribution in [1.29, 1.82) is 0 Å². The Morgan fingerprint density at radius 2 is 1.89 bits per heavy atom. The molecule has 0 aliphatic rings. The molecule has 92 valence electrons. The van der Waals surface area contributed by atoms with Crippen LogP contribution in [0.25, 0.3) is 11.1 Å². The molecule has 0 spiro atoms. The second kappa shape index (κ2) is 5.47. The summed E-state index contributed by atoms with van der Waals surface area (Å²) >= 11 is 0. The molecule has 0 unspecified atom stereocenters. The molecule has 2 rings (SSSR count). The van der Waals surface area contributed by atoms with E-state index < -0.39 is 0 Å². The molecule has 0 saturated heterocycles. The molecule has 0 atom stereocenters. The minimum absolute atomic E-state index is 0.0762. The van der Waals surface area contributed by atoms with Crippen molar-refractivity contribution in [2.45, 2.75) is 13.5 Å². The maximum absolute atomic E-state index is 11.2. The number of amides is 1. The van der Waals surface area contributed by atoms with Gasteiger partial charge in [0, 0.05) is 24.7 Å². The molecule has 3 heteroatoms. The highest BCUT2D eigenvalue weighted by Crippen LogP contribution is 2.29. The zero-order chi connectivity index (χ0) is 13.0. The molecule has 0 bridgehead atoms. The Kier molecular flexibility index (Phi) is 3.75. The summed E-state index contributed by atoms with van der Waals surface area (Å²) in [5.74, 6) is -0.0762. The first-order valence-electron chi connectivity index (χ1n) is 5.86. The van der Waals surface area contributed by atoms with Crippen molar-refractivity contribution in [3.05, 3.63) is 54.1 Å². The second-order valence-corrected chi connectivity index (χ2v) is 4.13. The highest BCUT2D eigenvalue weighted by Gasteiger charge is 2.07. The fourth-order valence-electron chi connectivity index (χ4n) is 1.87. The predicted octanol–water partition coefficient (Wildman–Crippen LogP) is 2.77. The van der Waals surface area contributed by atoms with Crippen molar-refractivity contribution in [3.63, 3.8) is 0 Å².